The van der Waals surface area contributed by atoms with Crippen molar-refractivity contribution in [3.63, 3.8) is 0 Å². The molecule has 0 aliphatic carbocycles. The highest BCUT2D eigenvalue weighted by Gasteiger charge is 2.30. The normalized spacial score (nSPS) is 17.0. The van der Waals surface area contributed by atoms with Crippen molar-refractivity contribution in [3.05, 3.63) is 46.7 Å². The van der Waals surface area contributed by atoms with Gasteiger partial charge in [0.15, 0.2) is 6.04 Å². The monoisotopic (exact) mass is 345 g/mol. The summed E-state index contributed by atoms with van der Waals surface area (Å²) in [7, 11) is 1.33. The molecule has 0 fully saturated rings. The van der Waals surface area contributed by atoms with Gasteiger partial charge in [-0.15, -0.1) is 0 Å². The number of carbonyl (C=O) groups excluding carboxylic acids is 2. The molecule has 0 saturated carbocycles. The van der Waals surface area contributed by atoms with Crippen molar-refractivity contribution >= 4 is 11.9 Å². The zero-order valence-electron chi connectivity index (χ0n) is 15.5. The summed E-state index contributed by atoms with van der Waals surface area (Å²) >= 11 is 0. The van der Waals surface area contributed by atoms with Crippen LogP contribution in [-0.2, 0) is 38.3 Å². The number of benzene rings is 1. The second kappa shape index (κ2) is 8.70. The highest BCUT2D eigenvalue weighted by Crippen LogP contribution is 2.22. The van der Waals surface area contributed by atoms with E-state index < -0.39 is 12.0 Å². The summed E-state index contributed by atoms with van der Waals surface area (Å²) in [6.07, 6.45) is 5.08. The van der Waals surface area contributed by atoms with Crippen molar-refractivity contribution in [2.24, 2.45) is 0 Å². The van der Waals surface area contributed by atoms with Crippen molar-refractivity contribution in [3.8, 4) is 0 Å². The van der Waals surface area contributed by atoms with E-state index in [1.54, 1.807) is 11.0 Å². The zero-order valence-corrected chi connectivity index (χ0v) is 15.5. The number of rotatable bonds is 5. The number of hydrogen-bond donors (Lipinski definition) is 0. The number of amides is 1. The Hall–Kier alpha value is -2.30. The highest BCUT2D eigenvalue weighted by molar-refractivity contribution is 5.87. The van der Waals surface area contributed by atoms with E-state index in [2.05, 4.69) is 32.9 Å². The molecule has 1 aliphatic heterocycles. The first-order chi connectivity index (χ1) is 12.0. The number of methoxy groups -OCH3 is 1. The van der Waals surface area contributed by atoms with E-state index in [-0.39, 0.29) is 12.3 Å². The van der Waals surface area contributed by atoms with Gasteiger partial charge in [-0.25, -0.2) is 4.79 Å². The van der Waals surface area contributed by atoms with Crippen LogP contribution in [0.1, 0.15) is 36.1 Å². The van der Waals surface area contributed by atoms with Gasteiger partial charge in [0.05, 0.1) is 26.3 Å². The fourth-order valence-corrected chi connectivity index (χ4v) is 3.28. The number of nitrogens with zero attached hydrogens (tertiary/aromatic N) is 1. The summed E-state index contributed by atoms with van der Waals surface area (Å²) < 4.78 is 10.1. The molecule has 1 unspecified atom stereocenters. The molecule has 1 aromatic carbocycles. The molecule has 1 heterocycles. The predicted octanol–water partition coefficient (Wildman–Crippen LogP) is 2.58. The summed E-state index contributed by atoms with van der Waals surface area (Å²) in [6, 6.07) is 3.55. The lowest BCUT2D eigenvalue weighted by atomic mass is 9.92. The lowest BCUT2D eigenvalue weighted by molar-refractivity contribution is -0.150. The van der Waals surface area contributed by atoms with Gasteiger partial charge in [0.1, 0.15) is 6.61 Å². The SMILES string of the molecule is CCc1cc(C)cc(CC)c1CC(=O)N1CCOC=CC1C(=O)OC. The molecule has 0 radical (unpaired) electrons. The van der Waals surface area contributed by atoms with Gasteiger partial charge in [-0.05, 0) is 42.5 Å². The van der Waals surface area contributed by atoms with E-state index in [4.69, 9.17) is 9.47 Å². The Morgan fingerprint density at radius 3 is 2.44 bits per heavy atom. The van der Waals surface area contributed by atoms with Gasteiger partial charge in [0.25, 0.3) is 0 Å². The minimum atomic E-state index is -0.736. The quantitative estimate of drug-likeness (QED) is 0.770. The maximum Gasteiger partial charge on any atom is 0.332 e. The van der Waals surface area contributed by atoms with Crippen LogP contribution in [0, 0.1) is 6.92 Å². The van der Waals surface area contributed by atoms with Gasteiger partial charge in [0.2, 0.25) is 5.91 Å². The summed E-state index contributed by atoms with van der Waals surface area (Å²) in [5.74, 6) is -0.538. The molecule has 0 N–H and O–H groups in total. The van der Waals surface area contributed by atoms with E-state index in [1.807, 2.05) is 0 Å². The third kappa shape index (κ3) is 4.41. The van der Waals surface area contributed by atoms with Gasteiger partial charge in [-0.3, -0.25) is 4.79 Å². The van der Waals surface area contributed by atoms with E-state index in [9.17, 15) is 9.59 Å². The van der Waals surface area contributed by atoms with E-state index in [1.165, 1.54) is 30.1 Å². The molecular weight excluding hydrogens is 318 g/mol. The molecule has 0 aromatic heterocycles. The summed E-state index contributed by atoms with van der Waals surface area (Å²) in [5.41, 5.74) is 4.68. The second-order valence-electron chi connectivity index (χ2n) is 6.20. The van der Waals surface area contributed by atoms with Crippen LogP contribution < -0.4 is 0 Å². The number of carbonyl (C=O) groups is 2. The standard InChI is InChI=1S/C20H27NO4/c1-5-15-11-14(3)12-16(6-2)17(15)13-19(22)21-8-10-25-9-7-18(21)20(23)24-4/h7,9,11-12,18H,5-6,8,10,13H2,1-4H3. The van der Waals surface area contributed by atoms with Crippen LogP contribution in [0.5, 0.6) is 0 Å². The van der Waals surface area contributed by atoms with Crippen molar-refractivity contribution < 1.29 is 19.1 Å². The van der Waals surface area contributed by atoms with E-state index >= 15 is 0 Å². The van der Waals surface area contributed by atoms with Gasteiger partial charge in [0, 0.05) is 0 Å². The summed E-state index contributed by atoms with van der Waals surface area (Å²) in [5, 5.41) is 0. The fourth-order valence-electron chi connectivity index (χ4n) is 3.28. The molecule has 2 rings (SSSR count). The molecule has 0 saturated heterocycles. The van der Waals surface area contributed by atoms with Crippen LogP contribution in [0.3, 0.4) is 0 Å². The van der Waals surface area contributed by atoms with Gasteiger partial charge in [-0.2, -0.15) is 0 Å². The van der Waals surface area contributed by atoms with Crippen LogP contribution in [0.2, 0.25) is 0 Å². The highest BCUT2D eigenvalue weighted by atomic mass is 16.5. The number of hydrogen-bond acceptors (Lipinski definition) is 4. The minimum Gasteiger partial charge on any atom is -0.500 e. The Labute approximate surface area is 149 Å². The van der Waals surface area contributed by atoms with Crippen LogP contribution in [0.15, 0.2) is 24.5 Å². The molecule has 5 heteroatoms. The topological polar surface area (TPSA) is 55.8 Å². The molecule has 1 aliphatic rings. The third-order valence-electron chi connectivity index (χ3n) is 4.57. The smallest absolute Gasteiger partial charge is 0.332 e. The van der Waals surface area contributed by atoms with E-state index in [0.29, 0.717) is 13.2 Å². The number of ether oxygens (including phenoxy) is 2. The zero-order chi connectivity index (χ0) is 18.4. The van der Waals surface area contributed by atoms with Crippen molar-refractivity contribution in [2.75, 3.05) is 20.3 Å². The first kappa shape index (κ1) is 19.0. The van der Waals surface area contributed by atoms with Crippen LogP contribution in [0.4, 0.5) is 0 Å². The van der Waals surface area contributed by atoms with E-state index in [0.717, 1.165) is 18.4 Å². The van der Waals surface area contributed by atoms with Gasteiger partial charge < -0.3 is 14.4 Å². The van der Waals surface area contributed by atoms with Gasteiger partial charge >= 0.3 is 5.97 Å². The Morgan fingerprint density at radius 1 is 1.24 bits per heavy atom. The molecule has 5 nitrogen and oxygen atoms in total. The molecule has 136 valence electrons. The Bertz CT molecular complexity index is 641. The van der Waals surface area contributed by atoms with Crippen LogP contribution >= 0.6 is 0 Å². The number of esters is 1. The van der Waals surface area contributed by atoms with Crippen molar-refractivity contribution in [2.45, 2.75) is 46.1 Å². The molecular formula is C20H27NO4. The Morgan fingerprint density at radius 2 is 1.88 bits per heavy atom. The molecule has 1 atom stereocenters. The van der Waals surface area contributed by atoms with Crippen molar-refractivity contribution in [1.82, 2.24) is 4.90 Å². The fraction of sp³-hybridized carbons (Fsp3) is 0.500. The average Bonchev–Trinajstić information content (AvgIpc) is 2.87. The molecule has 1 aromatic rings. The summed E-state index contributed by atoms with van der Waals surface area (Å²) in [6.45, 7) is 7.00. The largest absolute Gasteiger partial charge is 0.500 e. The Balaban J connectivity index is 2.31. The van der Waals surface area contributed by atoms with Crippen LogP contribution in [-0.4, -0.2) is 43.1 Å². The minimum absolute atomic E-state index is 0.0844. The van der Waals surface area contributed by atoms with Crippen molar-refractivity contribution in [1.29, 1.82) is 0 Å². The second-order valence-corrected chi connectivity index (χ2v) is 6.20. The first-order valence-electron chi connectivity index (χ1n) is 8.78. The van der Waals surface area contributed by atoms with Crippen LogP contribution in [0.25, 0.3) is 0 Å². The molecule has 1 amide bonds. The maximum atomic E-state index is 13.0. The van der Waals surface area contributed by atoms with Gasteiger partial charge in [-0.1, -0.05) is 31.5 Å². The first-order valence-corrected chi connectivity index (χ1v) is 8.78. The third-order valence-corrected chi connectivity index (χ3v) is 4.57. The Kier molecular flexibility index (Phi) is 6.62. The lowest BCUT2D eigenvalue weighted by Gasteiger charge is -2.27. The molecule has 0 bridgehead atoms. The lowest BCUT2D eigenvalue weighted by Crippen LogP contribution is -2.46. The summed E-state index contributed by atoms with van der Waals surface area (Å²) in [4.78, 5) is 26.6. The predicted molar refractivity (Wildman–Crippen MR) is 96.2 cm³/mol. The molecule has 0 spiro atoms. The maximum absolute atomic E-state index is 13.0. The average molecular weight is 345 g/mol. The number of aryl methyl sites for hydroxylation is 3. The molecule has 25 heavy (non-hydrogen) atoms.